The van der Waals surface area contributed by atoms with Crippen LogP contribution in [0.5, 0.6) is 0 Å². The van der Waals surface area contributed by atoms with Crippen LogP contribution in [0.25, 0.3) is 0 Å². The Labute approximate surface area is 133 Å². The third kappa shape index (κ3) is 3.75. The molecule has 0 bridgehead atoms. The average molecular weight is 353 g/mol. The first-order chi connectivity index (χ1) is 9.82. The highest BCUT2D eigenvalue weighted by Crippen LogP contribution is 2.26. The van der Waals surface area contributed by atoms with Crippen molar-refractivity contribution in [1.82, 2.24) is 8.61 Å². The molecule has 1 aromatic rings. The van der Waals surface area contributed by atoms with Gasteiger partial charge in [-0.25, -0.2) is 0 Å². The first-order valence-electron chi connectivity index (χ1n) is 6.52. The van der Waals surface area contributed by atoms with Gasteiger partial charge in [-0.2, -0.15) is 17.0 Å². The van der Waals surface area contributed by atoms with Crippen LogP contribution in [0.3, 0.4) is 0 Å². The molecule has 0 saturated carbocycles. The zero-order valence-corrected chi connectivity index (χ0v) is 13.9. The number of aliphatic carboxylic acids is 1. The summed E-state index contributed by atoms with van der Waals surface area (Å²) in [5.74, 6) is -1.09. The highest BCUT2D eigenvalue weighted by Gasteiger charge is 2.38. The van der Waals surface area contributed by atoms with Crippen molar-refractivity contribution in [1.29, 1.82) is 0 Å². The molecule has 0 aliphatic carbocycles. The van der Waals surface area contributed by atoms with Crippen LogP contribution >= 0.6 is 22.9 Å². The minimum absolute atomic E-state index is 0.183. The Morgan fingerprint density at radius 3 is 2.81 bits per heavy atom. The van der Waals surface area contributed by atoms with Crippen LogP contribution in [0, 0.1) is 0 Å². The van der Waals surface area contributed by atoms with Gasteiger partial charge in [-0.3, -0.25) is 4.79 Å². The number of thiophene rings is 1. The fraction of sp³-hybridized carbons (Fsp3) is 0.583. The molecule has 1 unspecified atom stereocenters. The van der Waals surface area contributed by atoms with Gasteiger partial charge in [0.2, 0.25) is 0 Å². The van der Waals surface area contributed by atoms with E-state index < -0.39 is 22.2 Å². The summed E-state index contributed by atoms with van der Waals surface area (Å²) in [4.78, 5) is 12.1. The van der Waals surface area contributed by atoms with Crippen LogP contribution in [0.4, 0.5) is 0 Å². The van der Waals surface area contributed by atoms with Gasteiger partial charge in [0.15, 0.2) is 0 Å². The summed E-state index contributed by atoms with van der Waals surface area (Å²) in [7, 11) is -2.34. The zero-order chi connectivity index (χ0) is 15.6. The van der Waals surface area contributed by atoms with Crippen molar-refractivity contribution in [3.05, 3.63) is 21.3 Å². The van der Waals surface area contributed by atoms with Gasteiger partial charge in [0.1, 0.15) is 6.04 Å². The molecule has 0 spiro atoms. The lowest BCUT2D eigenvalue weighted by atomic mass is 10.1. The third-order valence-electron chi connectivity index (χ3n) is 3.44. The average Bonchev–Trinajstić information content (AvgIpc) is 2.84. The van der Waals surface area contributed by atoms with E-state index in [4.69, 9.17) is 11.6 Å². The largest absolute Gasteiger partial charge is 0.480 e. The number of rotatable bonds is 5. The normalized spacial score (nSPS) is 20.8. The third-order valence-corrected chi connectivity index (χ3v) is 6.60. The maximum Gasteiger partial charge on any atom is 0.322 e. The van der Waals surface area contributed by atoms with E-state index >= 15 is 0 Å². The number of hydrogen-bond donors (Lipinski definition) is 1. The minimum atomic E-state index is -3.80. The van der Waals surface area contributed by atoms with Crippen LogP contribution in [-0.4, -0.2) is 47.7 Å². The van der Waals surface area contributed by atoms with Gasteiger partial charge in [0.25, 0.3) is 10.2 Å². The Hall–Kier alpha value is -0.670. The molecular weight excluding hydrogens is 336 g/mol. The van der Waals surface area contributed by atoms with Crippen molar-refractivity contribution in [2.75, 3.05) is 13.6 Å². The molecule has 0 aromatic carbocycles. The molecule has 118 valence electrons. The summed E-state index contributed by atoms with van der Waals surface area (Å²) < 4.78 is 28.0. The summed E-state index contributed by atoms with van der Waals surface area (Å²) in [5.41, 5.74) is 0. The second kappa shape index (κ2) is 6.62. The lowest BCUT2D eigenvalue weighted by Crippen LogP contribution is -2.52. The molecule has 21 heavy (non-hydrogen) atoms. The van der Waals surface area contributed by atoms with Crippen molar-refractivity contribution in [2.24, 2.45) is 0 Å². The molecule has 1 N–H and O–H groups in total. The Morgan fingerprint density at radius 2 is 2.24 bits per heavy atom. The number of carboxylic acids is 1. The van der Waals surface area contributed by atoms with Crippen LogP contribution in [0.2, 0.25) is 4.34 Å². The molecule has 0 radical (unpaired) electrons. The molecule has 2 rings (SSSR count). The fourth-order valence-corrected chi connectivity index (χ4v) is 5.10. The van der Waals surface area contributed by atoms with Crippen LogP contribution in [0.1, 0.15) is 24.1 Å². The summed E-state index contributed by atoms with van der Waals surface area (Å²) in [5, 5.41) is 9.21. The summed E-state index contributed by atoms with van der Waals surface area (Å²) in [6, 6.07) is 2.51. The Morgan fingerprint density at radius 1 is 1.52 bits per heavy atom. The van der Waals surface area contributed by atoms with Gasteiger partial charge >= 0.3 is 5.97 Å². The first-order valence-corrected chi connectivity index (χ1v) is 9.11. The second-order valence-corrected chi connectivity index (χ2v) is 8.72. The molecule has 2 heterocycles. The van der Waals surface area contributed by atoms with Gasteiger partial charge in [-0.1, -0.05) is 11.6 Å². The van der Waals surface area contributed by atoms with Crippen molar-refractivity contribution in [3.8, 4) is 0 Å². The van der Waals surface area contributed by atoms with E-state index in [0.717, 1.165) is 15.6 Å². The molecule has 1 atom stereocenters. The van der Waals surface area contributed by atoms with Crippen LogP contribution in [0.15, 0.2) is 12.1 Å². The van der Waals surface area contributed by atoms with Gasteiger partial charge in [-0.05, 0) is 31.4 Å². The van der Waals surface area contributed by atoms with E-state index in [1.54, 1.807) is 12.1 Å². The second-order valence-electron chi connectivity index (χ2n) is 4.93. The lowest BCUT2D eigenvalue weighted by molar-refractivity contribution is -0.142. The van der Waals surface area contributed by atoms with Crippen molar-refractivity contribution >= 4 is 39.1 Å². The molecule has 1 fully saturated rings. The zero-order valence-electron chi connectivity index (χ0n) is 11.5. The minimum Gasteiger partial charge on any atom is -0.480 e. The molecule has 1 aromatic heterocycles. The Kier molecular flexibility index (Phi) is 5.26. The topological polar surface area (TPSA) is 77.9 Å². The molecular formula is C12H17ClN2O4S2. The summed E-state index contributed by atoms with van der Waals surface area (Å²) in [6.07, 6.45) is 1.77. The van der Waals surface area contributed by atoms with E-state index in [9.17, 15) is 18.3 Å². The van der Waals surface area contributed by atoms with Crippen LogP contribution < -0.4 is 0 Å². The maximum atomic E-state index is 12.6. The molecule has 6 nitrogen and oxygen atoms in total. The predicted octanol–water partition coefficient (Wildman–Crippen LogP) is 2.02. The number of piperidine rings is 1. The number of halogens is 1. The standard InChI is InChI=1S/C12H17ClN2O4S2/c1-14(8-9-5-6-11(13)20-9)21(18,19)15-7-3-2-4-10(15)12(16)17/h5-6,10H,2-4,7-8H2,1H3,(H,16,17). The maximum absolute atomic E-state index is 12.6. The summed E-state index contributed by atoms with van der Waals surface area (Å²) in [6.45, 7) is 0.428. The number of nitrogens with zero attached hydrogens (tertiary/aromatic N) is 2. The van der Waals surface area contributed by atoms with E-state index in [0.29, 0.717) is 17.2 Å². The monoisotopic (exact) mass is 352 g/mol. The van der Waals surface area contributed by atoms with Gasteiger partial charge in [0.05, 0.1) is 4.34 Å². The first kappa shape index (κ1) is 16.7. The van der Waals surface area contributed by atoms with Crippen molar-refractivity contribution in [2.45, 2.75) is 31.8 Å². The molecule has 1 saturated heterocycles. The van der Waals surface area contributed by atoms with Crippen molar-refractivity contribution in [3.63, 3.8) is 0 Å². The highest BCUT2D eigenvalue weighted by molar-refractivity contribution is 7.86. The molecule has 1 aliphatic heterocycles. The molecule has 0 amide bonds. The number of hydrogen-bond acceptors (Lipinski definition) is 4. The van der Waals surface area contributed by atoms with E-state index in [1.165, 1.54) is 22.7 Å². The van der Waals surface area contributed by atoms with Crippen molar-refractivity contribution < 1.29 is 18.3 Å². The lowest BCUT2D eigenvalue weighted by Gasteiger charge is -2.34. The summed E-state index contributed by atoms with van der Waals surface area (Å²) >= 11 is 7.14. The van der Waals surface area contributed by atoms with E-state index in [2.05, 4.69) is 0 Å². The van der Waals surface area contributed by atoms with Gasteiger partial charge < -0.3 is 5.11 Å². The van der Waals surface area contributed by atoms with Gasteiger partial charge in [-0.15, -0.1) is 11.3 Å². The number of carboxylic acid groups (broad SMARTS) is 1. The Bertz CT molecular complexity index is 617. The van der Waals surface area contributed by atoms with E-state index in [1.807, 2.05) is 0 Å². The predicted molar refractivity (Wildman–Crippen MR) is 81.7 cm³/mol. The molecule has 1 aliphatic rings. The SMILES string of the molecule is CN(Cc1ccc(Cl)s1)S(=O)(=O)N1CCCCC1C(=O)O. The quantitative estimate of drug-likeness (QED) is 0.879. The van der Waals surface area contributed by atoms with E-state index in [-0.39, 0.29) is 13.1 Å². The Balaban J connectivity index is 2.17. The fourth-order valence-electron chi connectivity index (χ4n) is 2.34. The number of carbonyl (C=O) groups is 1. The van der Waals surface area contributed by atoms with Crippen LogP contribution in [-0.2, 0) is 21.5 Å². The van der Waals surface area contributed by atoms with Gasteiger partial charge in [0, 0.05) is 25.0 Å². The molecule has 9 heteroatoms. The highest BCUT2D eigenvalue weighted by atomic mass is 35.5. The smallest absolute Gasteiger partial charge is 0.322 e.